The average molecular weight is 301 g/mol. The summed E-state index contributed by atoms with van der Waals surface area (Å²) in [5.74, 6) is 3.39. The summed E-state index contributed by atoms with van der Waals surface area (Å²) in [6.45, 7) is 8.42. The first-order valence-corrected chi connectivity index (χ1v) is 9.36. The third-order valence-corrected chi connectivity index (χ3v) is 7.28. The van der Waals surface area contributed by atoms with E-state index in [1.807, 2.05) is 23.5 Å². The van der Waals surface area contributed by atoms with E-state index >= 15 is 0 Å². The van der Waals surface area contributed by atoms with Crippen molar-refractivity contribution in [1.82, 2.24) is 0 Å². The Balaban J connectivity index is 2.39. The van der Waals surface area contributed by atoms with E-state index in [0.29, 0.717) is 5.78 Å². The maximum absolute atomic E-state index is 12.0. The van der Waals surface area contributed by atoms with Crippen molar-refractivity contribution in [1.29, 1.82) is 0 Å². The zero-order valence-electron chi connectivity index (χ0n) is 12.8. The lowest BCUT2D eigenvalue weighted by Gasteiger charge is -2.34. The largest absolute Gasteiger partial charge is 0.297 e. The second kappa shape index (κ2) is 8.41. The number of carbonyl (C=O) groups is 1. The van der Waals surface area contributed by atoms with E-state index in [-0.39, 0.29) is 4.08 Å². The molecule has 19 heavy (non-hydrogen) atoms. The topological polar surface area (TPSA) is 17.1 Å². The molecule has 0 aromatic heterocycles. The molecule has 0 aliphatic carbocycles. The molecule has 1 fully saturated rings. The predicted octanol–water partition coefficient (Wildman–Crippen LogP) is 5.30. The van der Waals surface area contributed by atoms with E-state index < -0.39 is 0 Å². The number of carbonyl (C=O) groups excluding carboxylic acids is 1. The lowest BCUT2D eigenvalue weighted by molar-refractivity contribution is -0.117. The van der Waals surface area contributed by atoms with Crippen molar-refractivity contribution < 1.29 is 4.79 Å². The number of rotatable bonds is 7. The number of ketones is 1. The standard InChI is InChI=1S/C16H28OS2/c1-13(2)7-5-8-14(3)9-10-16(15(4)17)18-11-6-12-19-16/h7,14H,5-6,8-12H2,1-4H3. The van der Waals surface area contributed by atoms with Gasteiger partial charge in [0.05, 0.1) is 0 Å². The highest BCUT2D eigenvalue weighted by Crippen LogP contribution is 2.46. The van der Waals surface area contributed by atoms with Gasteiger partial charge >= 0.3 is 0 Å². The Labute approximate surface area is 127 Å². The lowest BCUT2D eigenvalue weighted by Crippen LogP contribution is -2.33. The molecule has 0 spiro atoms. The van der Waals surface area contributed by atoms with E-state index in [2.05, 4.69) is 26.8 Å². The highest BCUT2D eigenvalue weighted by atomic mass is 32.2. The van der Waals surface area contributed by atoms with Crippen LogP contribution in [0.1, 0.15) is 59.8 Å². The van der Waals surface area contributed by atoms with Crippen LogP contribution in [0.3, 0.4) is 0 Å². The van der Waals surface area contributed by atoms with Crippen molar-refractivity contribution >= 4 is 29.3 Å². The van der Waals surface area contributed by atoms with Crippen molar-refractivity contribution in [3.05, 3.63) is 11.6 Å². The normalized spacial score (nSPS) is 19.8. The highest BCUT2D eigenvalue weighted by Gasteiger charge is 2.38. The highest BCUT2D eigenvalue weighted by molar-refractivity contribution is 8.19. The molecule has 0 N–H and O–H groups in total. The minimum Gasteiger partial charge on any atom is -0.297 e. The maximum Gasteiger partial charge on any atom is 0.155 e. The summed E-state index contributed by atoms with van der Waals surface area (Å²) in [5, 5.41) is 0. The van der Waals surface area contributed by atoms with Gasteiger partial charge in [-0.1, -0.05) is 18.6 Å². The molecule has 1 saturated heterocycles. The van der Waals surface area contributed by atoms with Crippen molar-refractivity contribution in [3.8, 4) is 0 Å². The van der Waals surface area contributed by atoms with Gasteiger partial charge in [-0.3, -0.25) is 4.79 Å². The summed E-state index contributed by atoms with van der Waals surface area (Å²) in [4.78, 5) is 12.0. The number of allylic oxidation sites excluding steroid dienone is 2. The smallest absolute Gasteiger partial charge is 0.155 e. The first-order chi connectivity index (χ1) is 8.96. The van der Waals surface area contributed by atoms with Gasteiger partial charge in [0.25, 0.3) is 0 Å². The van der Waals surface area contributed by atoms with E-state index in [9.17, 15) is 4.79 Å². The minimum atomic E-state index is -0.122. The number of Topliss-reactive ketones (excluding diaryl/α,β-unsaturated/α-hetero) is 1. The fraction of sp³-hybridized carbons (Fsp3) is 0.812. The van der Waals surface area contributed by atoms with Crippen molar-refractivity contribution in [3.63, 3.8) is 0 Å². The lowest BCUT2D eigenvalue weighted by atomic mass is 9.97. The molecule has 0 amide bonds. The SMILES string of the molecule is CC(=O)C1(CCC(C)CCC=C(C)C)SCCCS1. The van der Waals surface area contributed by atoms with Crippen LogP contribution >= 0.6 is 23.5 Å². The second-order valence-corrected chi connectivity index (χ2v) is 8.91. The Hall–Kier alpha value is 0.110. The van der Waals surface area contributed by atoms with Crippen LogP contribution in [0.15, 0.2) is 11.6 Å². The molecule has 1 aliphatic rings. The van der Waals surface area contributed by atoms with Crippen LogP contribution in [0.5, 0.6) is 0 Å². The fourth-order valence-corrected chi connectivity index (χ4v) is 5.52. The van der Waals surface area contributed by atoms with Gasteiger partial charge in [0.1, 0.15) is 4.08 Å². The van der Waals surface area contributed by atoms with Crippen LogP contribution in [0, 0.1) is 5.92 Å². The quantitative estimate of drug-likeness (QED) is 0.593. The summed E-state index contributed by atoms with van der Waals surface area (Å²) < 4.78 is -0.122. The first-order valence-electron chi connectivity index (χ1n) is 7.38. The molecule has 3 heteroatoms. The molecule has 0 saturated carbocycles. The number of hydrogen-bond acceptors (Lipinski definition) is 3. The molecule has 0 aromatic rings. The van der Waals surface area contributed by atoms with Crippen LogP contribution < -0.4 is 0 Å². The zero-order valence-corrected chi connectivity index (χ0v) is 14.5. The third-order valence-electron chi connectivity index (χ3n) is 3.67. The van der Waals surface area contributed by atoms with Gasteiger partial charge in [0.15, 0.2) is 5.78 Å². The van der Waals surface area contributed by atoms with E-state index in [0.717, 1.165) is 23.8 Å². The molecular weight excluding hydrogens is 272 g/mol. The second-order valence-electron chi connectivity index (χ2n) is 5.86. The summed E-state index contributed by atoms with van der Waals surface area (Å²) in [6.07, 6.45) is 8.22. The first kappa shape index (κ1) is 17.2. The van der Waals surface area contributed by atoms with Crippen LogP contribution in [0.2, 0.25) is 0 Å². The van der Waals surface area contributed by atoms with Crippen molar-refractivity contribution in [2.45, 2.75) is 63.9 Å². The molecule has 1 atom stereocenters. The molecular formula is C16H28OS2. The van der Waals surface area contributed by atoms with Gasteiger partial charge in [0, 0.05) is 0 Å². The van der Waals surface area contributed by atoms with Crippen LogP contribution in [-0.4, -0.2) is 21.4 Å². The van der Waals surface area contributed by atoms with Gasteiger partial charge in [-0.2, -0.15) is 0 Å². The molecule has 1 rings (SSSR count). The Morgan fingerprint density at radius 3 is 2.37 bits per heavy atom. The van der Waals surface area contributed by atoms with E-state index in [1.165, 1.54) is 31.3 Å². The van der Waals surface area contributed by atoms with Crippen LogP contribution in [-0.2, 0) is 4.79 Å². The Morgan fingerprint density at radius 2 is 1.84 bits per heavy atom. The monoisotopic (exact) mass is 300 g/mol. The van der Waals surface area contributed by atoms with Gasteiger partial charge in [-0.25, -0.2) is 0 Å². The van der Waals surface area contributed by atoms with E-state index in [1.54, 1.807) is 6.92 Å². The molecule has 1 unspecified atom stereocenters. The van der Waals surface area contributed by atoms with Gasteiger partial charge < -0.3 is 0 Å². The minimum absolute atomic E-state index is 0.122. The summed E-state index contributed by atoms with van der Waals surface area (Å²) in [5.41, 5.74) is 1.41. The zero-order chi connectivity index (χ0) is 14.3. The Bertz CT molecular complexity index is 313. The van der Waals surface area contributed by atoms with Gasteiger partial charge in [0.2, 0.25) is 0 Å². The van der Waals surface area contributed by atoms with Crippen molar-refractivity contribution in [2.24, 2.45) is 5.92 Å². The average Bonchev–Trinajstić information content (AvgIpc) is 2.37. The van der Waals surface area contributed by atoms with E-state index in [4.69, 9.17) is 0 Å². The number of thioether (sulfide) groups is 2. The number of hydrogen-bond donors (Lipinski definition) is 0. The molecule has 1 aliphatic heterocycles. The van der Waals surface area contributed by atoms with Gasteiger partial charge in [-0.15, -0.1) is 23.5 Å². The van der Waals surface area contributed by atoms with Gasteiger partial charge in [-0.05, 0) is 70.3 Å². The van der Waals surface area contributed by atoms with Crippen molar-refractivity contribution in [2.75, 3.05) is 11.5 Å². The van der Waals surface area contributed by atoms with Crippen LogP contribution in [0.4, 0.5) is 0 Å². The van der Waals surface area contributed by atoms with Crippen LogP contribution in [0.25, 0.3) is 0 Å². The molecule has 0 radical (unpaired) electrons. The third kappa shape index (κ3) is 5.95. The molecule has 1 heterocycles. The summed E-state index contributed by atoms with van der Waals surface area (Å²) in [7, 11) is 0. The molecule has 1 nitrogen and oxygen atoms in total. The predicted molar refractivity (Wildman–Crippen MR) is 90.0 cm³/mol. The Morgan fingerprint density at radius 1 is 1.21 bits per heavy atom. The maximum atomic E-state index is 12.0. The molecule has 0 bridgehead atoms. The summed E-state index contributed by atoms with van der Waals surface area (Å²) >= 11 is 3.78. The summed E-state index contributed by atoms with van der Waals surface area (Å²) in [6, 6.07) is 0. The molecule has 110 valence electrons. The Kier molecular flexibility index (Phi) is 7.60. The molecule has 0 aromatic carbocycles. The fourth-order valence-electron chi connectivity index (χ4n) is 2.34.